The third kappa shape index (κ3) is 3.41. The average Bonchev–Trinajstić information content (AvgIpc) is 3.31. The number of anilines is 1. The van der Waals surface area contributed by atoms with Gasteiger partial charge in [-0.1, -0.05) is 53.6 Å². The Morgan fingerprint density at radius 2 is 1.76 bits per heavy atom. The van der Waals surface area contributed by atoms with Crippen LogP contribution in [0, 0.1) is 6.92 Å². The van der Waals surface area contributed by atoms with E-state index in [-0.39, 0.29) is 12.1 Å². The standard InChI is InChI=1S/C26H21ClN4OS/c1-15-3-5-16(6-4-15)24-22-23(30-26-28-14-29-31(24)26)20-13-18(27)9-12-21(20)32-25(22)17-7-10-19(33-2)11-8-17/h3-14,24-25H,1-2H3,(H,28,29,30)/t24-,25+/m0/s1. The van der Waals surface area contributed by atoms with E-state index in [0.29, 0.717) is 11.0 Å². The summed E-state index contributed by atoms with van der Waals surface area (Å²) < 4.78 is 8.59. The van der Waals surface area contributed by atoms with E-state index in [1.54, 1.807) is 18.1 Å². The summed E-state index contributed by atoms with van der Waals surface area (Å²) in [6.07, 6.45) is 3.38. The molecule has 5 nitrogen and oxygen atoms in total. The number of nitrogens with zero attached hydrogens (tertiary/aromatic N) is 3. The summed E-state index contributed by atoms with van der Waals surface area (Å²) in [6.45, 7) is 2.09. The van der Waals surface area contributed by atoms with Crippen LogP contribution in [0.3, 0.4) is 0 Å². The smallest absolute Gasteiger partial charge is 0.226 e. The van der Waals surface area contributed by atoms with E-state index in [2.05, 4.69) is 77.1 Å². The molecule has 0 unspecified atom stereocenters. The molecular formula is C26H21ClN4OS. The second-order valence-electron chi connectivity index (χ2n) is 8.21. The van der Waals surface area contributed by atoms with Gasteiger partial charge in [-0.15, -0.1) is 11.8 Å². The minimum absolute atomic E-state index is 0.170. The lowest BCUT2D eigenvalue weighted by atomic mass is 9.84. The number of ether oxygens (including phenoxy) is 1. The Balaban J connectivity index is 1.61. The van der Waals surface area contributed by atoms with Crippen molar-refractivity contribution >= 4 is 35.0 Å². The second kappa shape index (κ2) is 7.97. The molecule has 4 aromatic rings. The highest BCUT2D eigenvalue weighted by atomic mass is 35.5. The summed E-state index contributed by atoms with van der Waals surface area (Å²) in [6, 6.07) is 22.7. The fraction of sp³-hybridized carbons (Fsp3) is 0.154. The predicted octanol–water partition coefficient (Wildman–Crippen LogP) is 6.52. The number of halogens is 1. The molecule has 164 valence electrons. The number of benzene rings is 3. The number of fused-ring (bicyclic) bond motifs is 3. The summed E-state index contributed by atoms with van der Waals surface area (Å²) in [5, 5.41) is 8.76. The average molecular weight is 473 g/mol. The fourth-order valence-corrected chi connectivity index (χ4v) is 5.15. The Kier molecular flexibility index (Phi) is 4.93. The van der Waals surface area contributed by atoms with E-state index in [1.165, 1.54) is 10.5 Å². The normalized spacial score (nSPS) is 18.6. The van der Waals surface area contributed by atoms with Crippen LogP contribution in [-0.4, -0.2) is 21.0 Å². The van der Waals surface area contributed by atoms with Crippen LogP contribution in [0.25, 0.3) is 5.70 Å². The molecule has 3 heterocycles. The molecule has 2 aliphatic rings. The van der Waals surface area contributed by atoms with Crippen molar-refractivity contribution < 1.29 is 4.74 Å². The molecule has 0 bridgehead atoms. The Hall–Kier alpha value is -3.22. The van der Waals surface area contributed by atoms with Gasteiger partial charge in [-0.25, -0.2) is 4.68 Å². The monoisotopic (exact) mass is 472 g/mol. The van der Waals surface area contributed by atoms with Gasteiger partial charge in [0.15, 0.2) is 0 Å². The maximum Gasteiger partial charge on any atom is 0.226 e. The Morgan fingerprint density at radius 3 is 2.52 bits per heavy atom. The number of aromatic nitrogens is 3. The van der Waals surface area contributed by atoms with Crippen LogP contribution in [0.4, 0.5) is 5.95 Å². The fourth-order valence-electron chi connectivity index (χ4n) is 4.56. The zero-order valence-corrected chi connectivity index (χ0v) is 19.7. The van der Waals surface area contributed by atoms with Crippen LogP contribution in [-0.2, 0) is 0 Å². The SMILES string of the molecule is CSc1ccc([C@H]2Oc3ccc(Cl)cc3C3=C2[C@H](c2ccc(C)cc2)n2ncnc2N3)cc1. The van der Waals surface area contributed by atoms with Crippen LogP contribution < -0.4 is 10.1 Å². The first kappa shape index (κ1) is 20.4. The van der Waals surface area contributed by atoms with Crippen LogP contribution in [0.15, 0.2) is 83.5 Å². The van der Waals surface area contributed by atoms with Crippen molar-refractivity contribution in [3.63, 3.8) is 0 Å². The molecule has 2 aliphatic heterocycles. The summed E-state index contributed by atoms with van der Waals surface area (Å²) in [5.74, 6) is 1.49. The van der Waals surface area contributed by atoms with Crippen molar-refractivity contribution in [3.05, 3.63) is 106 Å². The molecule has 7 heteroatoms. The first-order valence-electron chi connectivity index (χ1n) is 10.7. The van der Waals surface area contributed by atoms with Gasteiger partial charge in [-0.2, -0.15) is 10.1 Å². The molecular weight excluding hydrogens is 452 g/mol. The van der Waals surface area contributed by atoms with E-state index in [9.17, 15) is 0 Å². The maximum atomic E-state index is 6.66. The van der Waals surface area contributed by atoms with Crippen LogP contribution in [0.5, 0.6) is 5.75 Å². The highest BCUT2D eigenvalue weighted by Gasteiger charge is 2.41. The minimum Gasteiger partial charge on any atom is -0.480 e. The lowest BCUT2D eigenvalue weighted by molar-refractivity contribution is 0.223. The van der Waals surface area contributed by atoms with Gasteiger partial charge < -0.3 is 10.1 Å². The molecule has 1 N–H and O–H groups in total. The van der Waals surface area contributed by atoms with Gasteiger partial charge in [0.2, 0.25) is 5.95 Å². The molecule has 33 heavy (non-hydrogen) atoms. The lowest BCUT2D eigenvalue weighted by Crippen LogP contribution is -2.32. The lowest BCUT2D eigenvalue weighted by Gasteiger charge is -2.39. The van der Waals surface area contributed by atoms with Crippen molar-refractivity contribution in [1.29, 1.82) is 0 Å². The third-order valence-corrected chi connectivity index (χ3v) is 7.17. The highest BCUT2D eigenvalue weighted by molar-refractivity contribution is 7.98. The van der Waals surface area contributed by atoms with Crippen molar-refractivity contribution in [2.45, 2.75) is 24.0 Å². The minimum atomic E-state index is -0.291. The largest absolute Gasteiger partial charge is 0.480 e. The predicted molar refractivity (Wildman–Crippen MR) is 133 cm³/mol. The van der Waals surface area contributed by atoms with Crippen molar-refractivity contribution in [2.24, 2.45) is 0 Å². The zero-order valence-electron chi connectivity index (χ0n) is 18.1. The number of hydrogen-bond donors (Lipinski definition) is 1. The second-order valence-corrected chi connectivity index (χ2v) is 9.52. The van der Waals surface area contributed by atoms with Gasteiger partial charge in [0.25, 0.3) is 0 Å². The van der Waals surface area contributed by atoms with Crippen LogP contribution >= 0.6 is 23.4 Å². The van der Waals surface area contributed by atoms with Gasteiger partial charge in [-0.05, 0) is 54.6 Å². The quantitative estimate of drug-likeness (QED) is 0.344. The van der Waals surface area contributed by atoms with E-state index in [1.807, 2.05) is 22.9 Å². The molecule has 0 fully saturated rings. The highest BCUT2D eigenvalue weighted by Crippen LogP contribution is 2.51. The van der Waals surface area contributed by atoms with E-state index < -0.39 is 0 Å². The Labute approximate surface area is 201 Å². The number of nitrogens with one attached hydrogen (secondary N) is 1. The molecule has 6 rings (SSSR count). The van der Waals surface area contributed by atoms with Crippen molar-refractivity contribution in [2.75, 3.05) is 11.6 Å². The maximum absolute atomic E-state index is 6.66. The molecule has 1 aromatic heterocycles. The summed E-state index contributed by atoms with van der Waals surface area (Å²) in [7, 11) is 0. The topological polar surface area (TPSA) is 52.0 Å². The molecule has 0 amide bonds. The number of thioether (sulfide) groups is 1. The summed E-state index contributed by atoms with van der Waals surface area (Å²) >= 11 is 8.13. The summed E-state index contributed by atoms with van der Waals surface area (Å²) in [5.41, 5.74) is 6.42. The molecule has 3 aromatic carbocycles. The van der Waals surface area contributed by atoms with Gasteiger partial charge in [0.1, 0.15) is 24.2 Å². The van der Waals surface area contributed by atoms with Crippen LogP contribution in [0.1, 0.15) is 34.4 Å². The van der Waals surface area contributed by atoms with Gasteiger partial charge >= 0.3 is 0 Å². The summed E-state index contributed by atoms with van der Waals surface area (Å²) in [4.78, 5) is 5.70. The molecule has 0 radical (unpaired) electrons. The third-order valence-electron chi connectivity index (χ3n) is 6.19. The van der Waals surface area contributed by atoms with Crippen LogP contribution in [0.2, 0.25) is 5.02 Å². The first-order valence-corrected chi connectivity index (χ1v) is 12.3. The van der Waals surface area contributed by atoms with Crippen molar-refractivity contribution in [3.8, 4) is 5.75 Å². The molecule has 0 saturated carbocycles. The molecule has 0 spiro atoms. The molecule has 2 atom stereocenters. The first-order chi connectivity index (χ1) is 16.1. The van der Waals surface area contributed by atoms with Crippen molar-refractivity contribution in [1.82, 2.24) is 14.8 Å². The van der Waals surface area contributed by atoms with Gasteiger partial charge in [0.05, 0.1) is 5.70 Å². The Bertz CT molecular complexity index is 1380. The number of rotatable bonds is 3. The van der Waals surface area contributed by atoms with E-state index in [4.69, 9.17) is 16.3 Å². The van der Waals surface area contributed by atoms with Gasteiger partial charge in [-0.3, -0.25) is 0 Å². The molecule has 0 saturated heterocycles. The van der Waals surface area contributed by atoms with E-state index in [0.717, 1.165) is 33.7 Å². The van der Waals surface area contributed by atoms with E-state index >= 15 is 0 Å². The Morgan fingerprint density at radius 1 is 1.00 bits per heavy atom. The number of aryl methyl sites for hydroxylation is 1. The van der Waals surface area contributed by atoms with Gasteiger partial charge in [0, 0.05) is 21.1 Å². The molecule has 0 aliphatic carbocycles. The zero-order chi connectivity index (χ0) is 22.5. The number of hydrogen-bond acceptors (Lipinski definition) is 5.